The molecule has 0 unspecified atom stereocenters. The molecule has 0 saturated carbocycles. The largest absolute Gasteiger partial charge is 0.464 e. The molecule has 6 heteroatoms. The van der Waals surface area contributed by atoms with Gasteiger partial charge < -0.3 is 9.47 Å². The summed E-state index contributed by atoms with van der Waals surface area (Å²) in [7, 11) is 0.969. The van der Waals surface area contributed by atoms with Gasteiger partial charge in [0.1, 0.15) is 5.75 Å². The number of alkyl halides is 1. The number of ketones is 1. The van der Waals surface area contributed by atoms with Gasteiger partial charge in [-0.3, -0.25) is 4.79 Å². The number of rotatable bonds is 1. The minimum Gasteiger partial charge on any atom is -0.464 e. The number of carbonyl (C=O) groups excluding carboxylic acids is 2. The maximum Gasteiger partial charge on any atom is 0.410 e. The Labute approximate surface area is 94.9 Å². The van der Waals surface area contributed by atoms with Crippen LogP contribution < -0.4 is 4.74 Å². The van der Waals surface area contributed by atoms with Gasteiger partial charge in [-0.1, -0.05) is 11.6 Å². The summed E-state index contributed by atoms with van der Waals surface area (Å²) in [6, 6.07) is 3.99. The highest BCUT2D eigenvalue weighted by atomic mass is 35.5. The second-order valence-electron chi connectivity index (χ2n) is 3.16. The molecule has 0 N–H and O–H groups in total. The maximum atomic E-state index is 13.9. The molecule has 84 valence electrons. The van der Waals surface area contributed by atoms with Crippen LogP contribution in [0.1, 0.15) is 10.4 Å². The number of halogens is 2. The molecule has 1 aliphatic rings. The second-order valence-corrected chi connectivity index (χ2v) is 3.59. The van der Waals surface area contributed by atoms with Crippen LogP contribution in [0.4, 0.5) is 4.39 Å². The quantitative estimate of drug-likeness (QED) is 0.558. The molecule has 0 aromatic heterocycles. The first kappa shape index (κ1) is 10.9. The van der Waals surface area contributed by atoms with E-state index in [9.17, 15) is 14.0 Å². The summed E-state index contributed by atoms with van der Waals surface area (Å²) in [5, 5.41) is 0.254. The van der Waals surface area contributed by atoms with Gasteiger partial charge in [0.15, 0.2) is 0 Å². The Kier molecular flexibility index (Phi) is 2.35. The van der Waals surface area contributed by atoms with Crippen LogP contribution >= 0.6 is 11.6 Å². The van der Waals surface area contributed by atoms with Crippen LogP contribution in [0, 0.1) is 0 Å². The van der Waals surface area contributed by atoms with Crippen molar-refractivity contribution in [2.75, 3.05) is 7.11 Å². The number of Topliss-reactive ketones (excluding diaryl/α,β-unsaturated/α-hetero) is 1. The number of hydrogen-bond donors (Lipinski definition) is 0. The zero-order chi connectivity index (χ0) is 11.9. The fraction of sp³-hybridized carbons (Fsp3) is 0.200. The summed E-state index contributed by atoms with van der Waals surface area (Å²) in [6.45, 7) is 0. The van der Waals surface area contributed by atoms with Crippen molar-refractivity contribution in [1.82, 2.24) is 0 Å². The van der Waals surface area contributed by atoms with E-state index in [1.165, 1.54) is 18.2 Å². The van der Waals surface area contributed by atoms with Crippen LogP contribution in [0.3, 0.4) is 0 Å². The average Bonchev–Trinajstić information content (AvgIpc) is 2.52. The first-order chi connectivity index (χ1) is 7.49. The monoisotopic (exact) mass is 244 g/mol. The molecule has 0 bridgehead atoms. The second kappa shape index (κ2) is 3.45. The molecule has 0 spiro atoms. The van der Waals surface area contributed by atoms with Crippen molar-refractivity contribution in [3.8, 4) is 5.75 Å². The molecule has 2 rings (SSSR count). The highest BCUT2D eigenvalue weighted by Gasteiger charge is 2.56. The van der Waals surface area contributed by atoms with Gasteiger partial charge in [0.25, 0.3) is 5.78 Å². The standard InChI is InChI=1S/C10H6ClFO4/c1-15-9(14)10(12)8(13)6-4-5(11)2-3-7(6)16-10/h2-4H,1H3/t10-/m0/s1. The molecule has 1 aliphatic heterocycles. The summed E-state index contributed by atoms with van der Waals surface area (Å²) >= 11 is 5.65. The van der Waals surface area contributed by atoms with Gasteiger partial charge in [0, 0.05) is 5.02 Å². The fourth-order valence-electron chi connectivity index (χ4n) is 1.41. The van der Waals surface area contributed by atoms with E-state index in [1.54, 1.807) is 0 Å². The highest BCUT2D eigenvalue weighted by Crippen LogP contribution is 2.38. The normalized spacial score (nSPS) is 22.6. The number of benzene rings is 1. The molecule has 1 atom stereocenters. The van der Waals surface area contributed by atoms with Crippen LogP contribution in [-0.4, -0.2) is 24.7 Å². The van der Waals surface area contributed by atoms with Crippen molar-refractivity contribution in [2.45, 2.75) is 5.85 Å². The van der Waals surface area contributed by atoms with Gasteiger partial charge in [-0.15, -0.1) is 0 Å². The molecule has 0 fully saturated rings. The van der Waals surface area contributed by atoms with E-state index in [4.69, 9.17) is 11.6 Å². The van der Waals surface area contributed by atoms with E-state index < -0.39 is 17.6 Å². The summed E-state index contributed by atoms with van der Waals surface area (Å²) in [5.74, 6) is -5.61. The molecule has 1 heterocycles. The van der Waals surface area contributed by atoms with Gasteiger partial charge in [-0.2, -0.15) is 4.39 Å². The molecule has 4 nitrogen and oxygen atoms in total. The zero-order valence-electron chi connectivity index (χ0n) is 8.12. The van der Waals surface area contributed by atoms with Crippen LogP contribution in [0.25, 0.3) is 0 Å². The molecule has 16 heavy (non-hydrogen) atoms. The predicted molar refractivity (Wildman–Crippen MR) is 52.3 cm³/mol. The minimum absolute atomic E-state index is 0.0256. The number of fused-ring (bicyclic) bond motifs is 1. The van der Waals surface area contributed by atoms with E-state index in [-0.39, 0.29) is 16.3 Å². The third-order valence-electron chi connectivity index (χ3n) is 2.18. The molecule has 1 aromatic rings. The van der Waals surface area contributed by atoms with Crippen molar-refractivity contribution in [3.63, 3.8) is 0 Å². The van der Waals surface area contributed by atoms with Crippen molar-refractivity contribution in [1.29, 1.82) is 0 Å². The number of esters is 1. The van der Waals surface area contributed by atoms with Gasteiger partial charge in [-0.25, -0.2) is 4.79 Å². The number of hydrogen-bond acceptors (Lipinski definition) is 4. The van der Waals surface area contributed by atoms with Crippen molar-refractivity contribution >= 4 is 23.4 Å². The Hall–Kier alpha value is -1.62. The SMILES string of the molecule is COC(=O)[C@@]1(F)Oc2ccc(Cl)cc2C1=O. The summed E-state index contributed by atoms with van der Waals surface area (Å²) in [5.41, 5.74) is -0.0691. The third kappa shape index (κ3) is 1.36. The Bertz CT molecular complexity index is 488. The van der Waals surface area contributed by atoms with E-state index >= 15 is 0 Å². The fourth-order valence-corrected chi connectivity index (χ4v) is 1.58. The Morgan fingerprint density at radius 2 is 2.25 bits per heavy atom. The Morgan fingerprint density at radius 1 is 1.56 bits per heavy atom. The molecule has 0 radical (unpaired) electrons. The van der Waals surface area contributed by atoms with Crippen LogP contribution in [0.5, 0.6) is 5.75 Å². The number of ether oxygens (including phenoxy) is 2. The van der Waals surface area contributed by atoms with Crippen molar-refractivity contribution in [3.05, 3.63) is 28.8 Å². The van der Waals surface area contributed by atoms with E-state index in [2.05, 4.69) is 9.47 Å². The average molecular weight is 245 g/mol. The predicted octanol–water partition coefficient (Wildman–Crippen LogP) is 1.75. The lowest BCUT2D eigenvalue weighted by molar-refractivity contribution is -0.166. The van der Waals surface area contributed by atoms with E-state index in [0.29, 0.717) is 0 Å². The first-order valence-corrected chi connectivity index (χ1v) is 4.67. The van der Waals surface area contributed by atoms with Crippen LogP contribution in [0.15, 0.2) is 18.2 Å². The topological polar surface area (TPSA) is 52.6 Å². The lowest BCUT2D eigenvalue weighted by Gasteiger charge is -2.13. The van der Waals surface area contributed by atoms with Gasteiger partial charge in [-0.05, 0) is 18.2 Å². The molecule has 1 aromatic carbocycles. The molecule has 0 aliphatic carbocycles. The third-order valence-corrected chi connectivity index (χ3v) is 2.41. The number of carbonyl (C=O) groups is 2. The maximum absolute atomic E-state index is 13.9. The van der Waals surface area contributed by atoms with Gasteiger partial charge in [0.2, 0.25) is 0 Å². The molecular weight excluding hydrogens is 239 g/mol. The number of methoxy groups -OCH3 is 1. The van der Waals surface area contributed by atoms with Crippen LogP contribution in [0.2, 0.25) is 5.02 Å². The Morgan fingerprint density at radius 3 is 2.88 bits per heavy atom. The molecule has 0 saturated heterocycles. The summed E-state index contributed by atoms with van der Waals surface area (Å²) < 4.78 is 22.8. The van der Waals surface area contributed by atoms with Crippen molar-refractivity contribution in [2.24, 2.45) is 0 Å². The summed E-state index contributed by atoms with van der Waals surface area (Å²) in [6.07, 6.45) is 0. The molecule has 0 amide bonds. The lowest BCUT2D eigenvalue weighted by atomic mass is 10.1. The van der Waals surface area contributed by atoms with Gasteiger partial charge in [0.05, 0.1) is 12.7 Å². The smallest absolute Gasteiger partial charge is 0.410 e. The first-order valence-electron chi connectivity index (χ1n) is 4.29. The Balaban J connectivity index is 2.49. The highest BCUT2D eigenvalue weighted by molar-refractivity contribution is 6.31. The van der Waals surface area contributed by atoms with Crippen LogP contribution in [-0.2, 0) is 9.53 Å². The van der Waals surface area contributed by atoms with E-state index in [0.717, 1.165) is 7.11 Å². The minimum atomic E-state index is -3.10. The summed E-state index contributed by atoms with van der Waals surface area (Å²) in [4.78, 5) is 22.7. The van der Waals surface area contributed by atoms with Gasteiger partial charge >= 0.3 is 11.8 Å². The lowest BCUT2D eigenvalue weighted by Crippen LogP contribution is -2.44. The zero-order valence-corrected chi connectivity index (χ0v) is 8.88. The molecular formula is C10H6ClFO4. The van der Waals surface area contributed by atoms with Crippen molar-refractivity contribution < 1.29 is 23.5 Å². The van der Waals surface area contributed by atoms with E-state index in [1.807, 2.05) is 0 Å².